The fourth-order valence-electron chi connectivity index (χ4n) is 3.51. The number of benzene rings is 1. The smallest absolute Gasteiger partial charge is 0.281 e. The van der Waals surface area contributed by atoms with Gasteiger partial charge in [0.2, 0.25) is 0 Å². The van der Waals surface area contributed by atoms with Gasteiger partial charge in [-0.05, 0) is 53.8 Å². The molecule has 4 rings (SSSR count). The van der Waals surface area contributed by atoms with Gasteiger partial charge in [0.1, 0.15) is 11.5 Å². The van der Waals surface area contributed by atoms with Crippen LogP contribution in [0.25, 0.3) is 0 Å². The quantitative estimate of drug-likeness (QED) is 0.637. The summed E-state index contributed by atoms with van der Waals surface area (Å²) in [6.45, 7) is 2.84. The van der Waals surface area contributed by atoms with E-state index in [1.807, 2.05) is 0 Å². The first-order valence-electron chi connectivity index (χ1n) is 7.71. The molecule has 3 aliphatic rings. The summed E-state index contributed by atoms with van der Waals surface area (Å²) in [6, 6.07) is 3.11. The van der Waals surface area contributed by atoms with Gasteiger partial charge in [0, 0.05) is 12.6 Å². The van der Waals surface area contributed by atoms with Crippen molar-refractivity contribution in [2.75, 3.05) is 33.9 Å². The average molecular weight is 385 g/mol. The van der Waals surface area contributed by atoms with E-state index in [0.717, 1.165) is 37.5 Å². The van der Waals surface area contributed by atoms with Gasteiger partial charge in [-0.25, -0.2) is 5.06 Å². The van der Waals surface area contributed by atoms with Gasteiger partial charge in [0.15, 0.2) is 0 Å². The van der Waals surface area contributed by atoms with E-state index in [1.165, 1.54) is 7.11 Å². The molecule has 126 valence electrons. The predicted octanol–water partition coefficient (Wildman–Crippen LogP) is 2.39. The lowest BCUT2D eigenvalue weighted by atomic mass is 9.83. The van der Waals surface area contributed by atoms with Gasteiger partial charge in [0.25, 0.3) is 5.91 Å². The van der Waals surface area contributed by atoms with Crippen LogP contribution in [0.5, 0.6) is 11.5 Å². The molecule has 0 radical (unpaired) electrons. The number of hydrogen-bond acceptors (Lipinski definition) is 5. The van der Waals surface area contributed by atoms with E-state index in [1.54, 1.807) is 19.2 Å². The number of halogens is 1. The lowest BCUT2D eigenvalue weighted by Crippen LogP contribution is -2.57. The third kappa shape index (κ3) is 3.05. The first-order chi connectivity index (χ1) is 11.0. The SMILES string of the molecule is COc1cc(OC)c(C(=O)N(O)C2CN3CCC2CC3)cc1Br. The third-order valence-electron chi connectivity index (χ3n) is 4.85. The first kappa shape index (κ1) is 16.5. The van der Waals surface area contributed by atoms with Gasteiger partial charge in [-0.15, -0.1) is 0 Å². The highest BCUT2D eigenvalue weighted by molar-refractivity contribution is 9.10. The molecule has 1 N–H and O–H groups in total. The minimum atomic E-state index is -0.441. The van der Waals surface area contributed by atoms with Crippen molar-refractivity contribution in [1.29, 1.82) is 0 Å². The molecule has 1 aromatic rings. The van der Waals surface area contributed by atoms with Crippen LogP contribution in [0.1, 0.15) is 23.2 Å². The number of carbonyl (C=O) groups is 1. The normalized spacial score (nSPS) is 26.0. The number of nitrogens with zero attached hydrogens (tertiary/aromatic N) is 2. The highest BCUT2D eigenvalue weighted by atomic mass is 79.9. The molecule has 3 fully saturated rings. The van der Waals surface area contributed by atoms with Crippen molar-refractivity contribution < 1.29 is 19.5 Å². The summed E-state index contributed by atoms with van der Waals surface area (Å²) in [6.07, 6.45) is 2.05. The number of hydrogen-bond donors (Lipinski definition) is 1. The highest BCUT2D eigenvalue weighted by Gasteiger charge is 2.40. The molecule has 3 heterocycles. The fourth-order valence-corrected chi connectivity index (χ4v) is 4.02. The van der Waals surface area contributed by atoms with Crippen LogP contribution in [-0.2, 0) is 0 Å². The summed E-state index contributed by atoms with van der Waals surface area (Å²) in [4.78, 5) is 15.1. The van der Waals surface area contributed by atoms with Crippen LogP contribution < -0.4 is 9.47 Å². The Kier molecular flexibility index (Phi) is 4.79. The zero-order valence-corrected chi connectivity index (χ0v) is 14.9. The summed E-state index contributed by atoms with van der Waals surface area (Å²) in [5.74, 6) is 0.881. The fraction of sp³-hybridized carbons (Fsp3) is 0.562. The van der Waals surface area contributed by atoms with Crippen LogP contribution in [0.3, 0.4) is 0 Å². The van der Waals surface area contributed by atoms with E-state index in [-0.39, 0.29) is 6.04 Å². The Morgan fingerprint density at radius 1 is 1.26 bits per heavy atom. The van der Waals surface area contributed by atoms with Crippen LogP contribution in [0.2, 0.25) is 0 Å². The van der Waals surface area contributed by atoms with Gasteiger partial charge in [-0.2, -0.15) is 0 Å². The van der Waals surface area contributed by atoms with E-state index in [4.69, 9.17) is 9.47 Å². The van der Waals surface area contributed by atoms with E-state index in [9.17, 15) is 10.0 Å². The second-order valence-corrected chi connectivity index (χ2v) is 6.90. The van der Waals surface area contributed by atoms with Crippen molar-refractivity contribution in [2.45, 2.75) is 18.9 Å². The Hall–Kier alpha value is -1.31. The maximum absolute atomic E-state index is 12.8. The highest BCUT2D eigenvalue weighted by Crippen LogP contribution is 2.35. The van der Waals surface area contributed by atoms with Crippen LogP contribution >= 0.6 is 15.9 Å². The standard InChI is InChI=1S/C16H21BrN2O4/c1-22-14-8-15(23-2)12(17)7-11(14)16(20)19(21)13-9-18-5-3-10(13)4-6-18/h7-8,10,13,21H,3-6,9H2,1-2H3. The Bertz CT molecular complexity index is 602. The largest absolute Gasteiger partial charge is 0.496 e. The third-order valence-corrected chi connectivity index (χ3v) is 5.47. The monoisotopic (exact) mass is 384 g/mol. The zero-order valence-electron chi connectivity index (χ0n) is 13.3. The van der Waals surface area contributed by atoms with Gasteiger partial charge >= 0.3 is 0 Å². The molecule has 0 saturated carbocycles. The minimum Gasteiger partial charge on any atom is -0.496 e. The lowest BCUT2D eigenvalue weighted by molar-refractivity contribution is -0.133. The molecule has 0 aliphatic carbocycles. The number of ether oxygens (including phenoxy) is 2. The topological polar surface area (TPSA) is 62.2 Å². The minimum absolute atomic E-state index is 0.157. The summed E-state index contributed by atoms with van der Waals surface area (Å²) in [7, 11) is 3.04. The van der Waals surface area contributed by atoms with Crippen LogP contribution in [0, 0.1) is 5.92 Å². The number of piperidine rings is 3. The number of hydroxylamine groups is 2. The molecule has 2 bridgehead atoms. The molecule has 1 aromatic carbocycles. The summed E-state index contributed by atoms with van der Waals surface area (Å²) in [5, 5.41) is 11.4. The van der Waals surface area contributed by atoms with Gasteiger partial charge in [-0.3, -0.25) is 10.0 Å². The lowest BCUT2D eigenvalue weighted by Gasteiger charge is -2.46. The van der Waals surface area contributed by atoms with Gasteiger partial charge < -0.3 is 14.4 Å². The van der Waals surface area contributed by atoms with Gasteiger partial charge in [-0.1, -0.05) is 0 Å². The maximum atomic E-state index is 12.8. The number of methoxy groups -OCH3 is 2. The van der Waals surface area contributed by atoms with E-state index >= 15 is 0 Å². The molecule has 0 spiro atoms. The molecule has 7 heteroatoms. The van der Waals surface area contributed by atoms with Crippen molar-refractivity contribution >= 4 is 21.8 Å². The van der Waals surface area contributed by atoms with Gasteiger partial charge in [0.05, 0.1) is 30.3 Å². The molecular formula is C16H21BrN2O4. The van der Waals surface area contributed by atoms with Crippen molar-refractivity contribution in [2.24, 2.45) is 5.92 Å². The Morgan fingerprint density at radius 3 is 2.43 bits per heavy atom. The van der Waals surface area contributed by atoms with E-state index in [2.05, 4.69) is 20.8 Å². The Balaban J connectivity index is 1.86. The van der Waals surface area contributed by atoms with Crippen LogP contribution in [-0.4, -0.2) is 61.0 Å². The number of fused-ring (bicyclic) bond motifs is 3. The predicted molar refractivity (Wildman–Crippen MR) is 88.2 cm³/mol. The van der Waals surface area contributed by atoms with Crippen molar-refractivity contribution in [1.82, 2.24) is 9.96 Å². The molecule has 1 atom stereocenters. The second-order valence-electron chi connectivity index (χ2n) is 6.04. The Labute approximate surface area is 144 Å². The first-order valence-corrected chi connectivity index (χ1v) is 8.50. The molecule has 6 nitrogen and oxygen atoms in total. The molecular weight excluding hydrogens is 364 g/mol. The molecule has 3 saturated heterocycles. The average Bonchev–Trinajstić information content (AvgIpc) is 2.61. The molecule has 1 unspecified atom stereocenters. The number of carbonyl (C=O) groups excluding carboxylic acids is 1. The van der Waals surface area contributed by atoms with E-state index in [0.29, 0.717) is 27.5 Å². The summed E-state index contributed by atoms with van der Waals surface area (Å²) in [5.41, 5.74) is 0.319. The molecule has 0 aromatic heterocycles. The Morgan fingerprint density at radius 2 is 1.91 bits per heavy atom. The molecule has 3 aliphatic heterocycles. The van der Waals surface area contributed by atoms with Crippen LogP contribution in [0.15, 0.2) is 16.6 Å². The van der Waals surface area contributed by atoms with Crippen LogP contribution in [0.4, 0.5) is 0 Å². The summed E-state index contributed by atoms with van der Waals surface area (Å²) >= 11 is 3.38. The second kappa shape index (κ2) is 6.67. The van der Waals surface area contributed by atoms with Crippen molar-refractivity contribution in [3.05, 3.63) is 22.2 Å². The molecule has 1 amide bonds. The van der Waals surface area contributed by atoms with Crippen molar-refractivity contribution in [3.63, 3.8) is 0 Å². The molecule has 23 heavy (non-hydrogen) atoms. The summed E-state index contributed by atoms with van der Waals surface area (Å²) < 4.78 is 11.2. The number of amides is 1. The van der Waals surface area contributed by atoms with E-state index < -0.39 is 5.91 Å². The number of rotatable bonds is 4. The maximum Gasteiger partial charge on any atom is 0.281 e. The zero-order chi connectivity index (χ0) is 16.6. The van der Waals surface area contributed by atoms with Crippen molar-refractivity contribution in [3.8, 4) is 11.5 Å².